The van der Waals surface area contributed by atoms with E-state index in [0.29, 0.717) is 11.3 Å². The molecule has 2 rings (SSSR count). The van der Waals surface area contributed by atoms with Gasteiger partial charge in [0, 0.05) is 29.1 Å². The Bertz CT molecular complexity index is 690. The molecule has 6 heteroatoms. The van der Waals surface area contributed by atoms with Crippen LogP contribution in [-0.4, -0.2) is 10.1 Å². The third kappa shape index (κ3) is 2.91. The lowest BCUT2D eigenvalue weighted by Gasteiger charge is -2.13. The van der Waals surface area contributed by atoms with Gasteiger partial charge in [-0.1, -0.05) is 6.07 Å². The summed E-state index contributed by atoms with van der Waals surface area (Å²) in [6.07, 6.45) is -4.48. The topological polar surface area (TPSA) is 53.1 Å². The van der Waals surface area contributed by atoms with Crippen molar-refractivity contribution in [3.05, 3.63) is 57.4 Å². The van der Waals surface area contributed by atoms with Crippen LogP contribution >= 0.6 is 0 Å². The van der Waals surface area contributed by atoms with Gasteiger partial charge in [-0.05, 0) is 24.6 Å². The minimum absolute atomic E-state index is 0.170. The van der Waals surface area contributed by atoms with E-state index in [1.165, 1.54) is 18.2 Å². The molecule has 20 heavy (non-hydrogen) atoms. The van der Waals surface area contributed by atoms with Crippen LogP contribution in [0.25, 0.3) is 11.3 Å². The fourth-order valence-electron chi connectivity index (χ4n) is 1.97. The zero-order chi connectivity index (χ0) is 14.9. The van der Waals surface area contributed by atoms with Crippen molar-refractivity contribution in [2.75, 3.05) is 0 Å². The summed E-state index contributed by atoms with van der Waals surface area (Å²) in [7, 11) is 0. The highest BCUT2D eigenvalue weighted by Gasteiger charge is 2.31. The standard InChI is InChI=1S/C14H12F3NO2/c1-8-4-11(20)6-13(18-8)12-5-10(14(15,16)17)3-2-9(12)7-19/h2-6,19H,7H2,1H3,(H,18,20). The van der Waals surface area contributed by atoms with E-state index in [1.54, 1.807) is 6.92 Å². The Morgan fingerprint density at radius 3 is 2.45 bits per heavy atom. The van der Waals surface area contributed by atoms with Crippen molar-refractivity contribution < 1.29 is 18.3 Å². The molecule has 0 atom stereocenters. The predicted molar refractivity (Wildman–Crippen MR) is 68.2 cm³/mol. The lowest BCUT2D eigenvalue weighted by atomic mass is 10.0. The molecular weight excluding hydrogens is 271 g/mol. The number of aryl methyl sites for hydroxylation is 1. The van der Waals surface area contributed by atoms with Gasteiger partial charge in [0.15, 0.2) is 5.43 Å². The van der Waals surface area contributed by atoms with Crippen LogP contribution in [0.15, 0.2) is 35.1 Å². The molecule has 0 amide bonds. The van der Waals surface area contributed by atoms with E-state index in [2.05, 4.69) is 4.98 Å². The van der Waals surface area contributed by atoms with Crippen molar-refractivity contribution >= 4 is 0 Å². The molecule has 0 fully saturated rings. The highest BCUT2D eigenvalue weighted by molar-refractivity contribution is 5.65. The predicted octanol–water partition coefficient (Wildman–Crippen LogP) is 2.86. The molecule has 0 bridgehead atoms. The first-order valence-corrected chi connectivity index (χ1v) is 5.83. The van der Waals surface area contributed by atoms with Gasteiger partial charge < -0.3 is 10.1 Å². The number of H-pyrrole nitrogens is 1. The highest BCUT2D eigenvalue weighted by Crippen LogP contribution is 2.33. The Hall–Kier alpha value is -2.08. The van der Waals surface area contributed by atoms with Crippen molar-refractivity contribution in [2.45, 2.75) is 19.7 Å². The normalized spacial score (nSPS) is 11.7. The Labute approximate surface area is 112 Å². The first-order chi connectivity index (χ1) is 9.31. The van der Waals surface area contributed by atoms with E-state index in [9.17, 15) is 23.1 Å². The monoisotopic (exact) mass is 283 g/mol. The maximum atomic E-state index is 12.7. The van der Waals surface area contributed by atoms with Crippen LogP contribution in [0, 0.1) is 6.92 Å². The van der Waals surface area contributed by atoms with E-state index in [1.807, 2.05) is 0 Å². The summed E-state index contributed by atoms with van der Waals surface area (Å²) < 4.78 is 38.2. The van der Waals surface area contributed by atoms with E-state index < -0.39 is 18.3 Å². The number of aliphatic hydroxyl groups excluding tert-OH is 1. The smallest absolute Gasteiger partial charge is 0.392 e. The molecular formula is C14H12F3NO2. The van der Waals surface area contributed by atoms with Crippen LogP contribution in [0.1, 0.15) is 16.8 Å². The number of rotatable bonds is 2. The first kappa shape index (κ1) is 14.3. The van der Waals surface area contributed by atoms with E-state index in [4.69, 9.17) is 0 Å². The number of benzene rings is 1. The number of nitrogens with one attached hydrogen (secondary N) is 1. The fraction of sp³-hybridized carbons (Fsp3) is 0.214. The van der Waals surface area contributed by atoms with Gasteiger partial charge in [-0.2, -0.15) is 13.2 Å². The van der Waals surface area contributed by atoms with E-state index in [0.717, 1.165) is 12.1 Å². The lowest BCUT2D eigenvalue weighted by Crippen LogP contribution is -2.07. The number of hydrogen-bond acceptors (Lipinski definition) is 2. The minimum Gasteiger partial charge on any atom is -0.392 e. The molecule has 0 spiro atoms. The number of alkyl halides is 3. The van der Waals surface area contributed by atoms with Crippen molar-refractivity contribution in [2.24, 2.45) is 0 Å². The van der Waals surface area contributed by atoms with Crippen LogP contribution in [-0.2, 0) is 12.8 Å². The van der Waals surface area contributed by atoms with E-state index in [-0.39, 0.29) is 16.7 Å². The summed E-state index contributed by atoms with van der Waals surface area (Å²) in [6.45, 7) is 1.22. The van der Waals surface area contributed by atoms with Crippen LogP contribution in [0.3, 0.4) is 0 Å². The number of hydrogen-bond donors (Lipinski definition) is 2. The number of halogens is 3. The molecule has 2 N–H and O–H groups in total. The van der Waals surface area contributed by atoms with E-state index >= 15 is 0 Å². The van der Waals surface area contributed by atoms with Gasteiger partial charge in [0.25, 0.3) is 0 Å². The highest BCUT2D eigenvalue weighted by atomic mass is 19.4. The number of pyridine rings is 1. The van der Waals surface area contributed by atoms with Gasteiger partial charge in [-0.25, -0.2) is 0 Å². The molecule has 3 nitrogen and oxygen atoms in total. The maximum Gasteiger partial charge on any atom is 0.416 e. The molecule has 0 aliphatic rings. The zero-order valence-corrected chi connectivity index (χ0v) is 10.6. The summed E-state index contributed by atoms with van der Waals surface area (Å²) >= 11 is 0. The SMILES string of the molecule is Cc1cc(=O)cc(-c2cc(C(F)(F)F)ccc2CO)[nH]1. The summed E-state index contributed by atoms with van der Waals surface area (Å²) in [5, 5.41) is 9.24. The molecule has 0 aliphatic heterocycles. The largest absolute Gasteiger partial charge is 0.416 e. The van der Waals surface area contributed by atoms with Crippen LogP contribution < -0.4 is 5.43 Å². The number of aliphatic hydroxyl groups is 1. The Balaban J connectivity index is 2.67. The van der Waals surface area contributed by atoms with Gasteiger partial charge in [0.05, 0.1) is 12.2 Å². The molecule has 0 saturated heterocycles. The van der Waals surface area contributed by atoms with Gasteiger partial charge in [0.1, 0.15) is 0 Å². The number of aromatic amines is 1. The van der Waals surface area contributed by atoms with Crippen molar-refractivity contribution in [1.82, 2.24) is 4.98 Å². The van der Waals surface area contributed by atoms with Crippen LogP contribution in [0.4, 0.5) is 13.2 Å². The summed E-state index contributed by atoms with van der Waals surface area (Å²) in [5.74, 6) is 0. The fourth-order valence-corrected chi connectivity index (χ4v) is 1.97. The minimum atomic E-state index is -4.48. The molecule has 0 radical (unpaired) electrons. The summed E-state index contributed by atoms with van der Waals surface area (Å²) in [6, 6.07) is 5.59. The van der Waals surface area contributed by atoms with Crippen LogP contribution in [0.2, 0.25) is 0 Å². The molecule has 1 heterocycles. The second-order valence-electron chi connectivity index (χ2n) is 4.44. The molecule has 0 unspecified atom stereocenters. The van der Waals surface area contributed by atoms with Gasteiger partial charge in [-0.15, -0.1) is 0 Å². The third-order valence-electron chi connectivity index (χ3n) is 2.87. The molecule has 0 saturated carbocycles. The third-order valence-corrected chi connectivity index (χ3v) is 2.87. The summed E-state index contributed by atoms with van der Waals surface area (Å²) in [4.78, 5) is 14.3. The van der Waals surface area contributed by atoms with Crippen molar-refractivity contribution in [3.63, 3.8) is 0 Å². The van der Waals surface area contributed by atoms with Gasteiger partial charge >= 0.3 is 6.18 Å². The van der Waals surface area contributed by atoms with Gasteiger partial charge in [0.2, 0.25) is 0 Å². The second-order valence-corrected chi connectivity index (χ2v) is 4.44. The van der Waals surface area contributed by atoms with Gasteiger partial charge in [-0.3, -0.25) is 4.79 Å². The molecule has 2 aromatic rings. The molecule has 0 aliphatic carbocycles. The Morgan fingerprint density at radius 2 is 1.90 bits per heavy atom. The lowest BCUT2D eigenvalue weighted by molar-refractivity contribution is -0.137. The first-order valence-electron chi connectivity index (χ1n) is 5.83. The molecule has 1 aromatic heterocycles. The Kier molecular flexibility index (Phi) is 3.67. The second kappa shape index (κ2) is 5.13. The van der Waals surface area contributed by atoms with Crippen molar-refractivity contribution in [3.8, 4) is 11.3 Å². The maximum absolute atomic E-state index is 12.7. The molecule has 106 valence electrons. The average Bonchev–Trinajstić information content (AvgIpc) is 2.35. The summed E-state index contributed by atoms with van der Waals surface area (Å²) in [5.41, 5.74) is 0.144. The quantitative estimate of drug-likeness (QED) is 0.890. The number of aromatic nitrogens is 1. The molecule has 1 aromatic carbocycles. The zero-order valence-electron chi connectivity index (χ0n) is 10.6. The Morgan fingerprint density at radius 1 is 1.20 bits per heavy atom. The average molecular weight is 283 g/mol. The van der Waals surface area contributed by atoms with Crippen LogP contribution in [0.5, 0.6) is 0 Å². The van der Waals surface area contributed by atoms with Crippen molar-refractivity contribution in [1.29, 1.82) is 0 Å².